The first-order valence-corrected chi connectivity index (χ1v) is 4.09. The number of aliphatic hydroxyl groups is 5. The van der Waals surface area contributed by atoms with Crippen LogP contribution in [0.3, 0.4) is 0 Å². The van der Waals surface area contributed by atoms with Gasteiger partial charge in [0, 0.05) is 0 Å². The zero-order valence-electron chi connectivity index (χ0n) is 7.11. The first-order valence-electron chi connectivity index (χ1n) is 3.64. The normalized spacial score (nSPS) is 22.2. The Hall–Kier alpha value is -0.220. The quantitative estimate of drug-likeness (QED) is 0.188. The summed E-state index contributed by atoms with van der Waals surface area (Å²) in [5, 5.41) is 43.4. The van der Waals surface area contributed by atoms with E-state index in [0.717, 1.165) is 0 Å². The van der Waals surface area contributed by atoms with Crippen LogP contribution in [0.5, 0.6) is 0 Å². The highest BCUT2D eigenvalue weighted by atomic mass is 32.1. The number of thiol groups is 1. The summed E-state index contributed by atoms with van der Waals surface area (Å²) in [4.78, 5) is 10.6. The molecular weight excluding hydrogens is 214 g/mol. The lowest BCUT2D eigenvalue weighted by molar-refractivity contribution is -0.165. The molecule has 4 atom stereocenters. The van der Waals surface area contributed by atoms with Gasteiger partial charge in [-0.05, 0) is 0 Å². The molecule has 0 aliphatic carbocycles. The van der Waals surface area contributed by atoms with E-state index in [1.165, 1.54) is 0 Å². The molecule has 0 rings (SSSR count). The number of hydrogen-bond donors (Lipinski definition) is 7. The zero-order valence-corrected chi connectivity index (χ0v) is 8.00. The summed E-state index contributed by atoms with van der Waals surface area (Å²) >= 11 is 3.18. The molecule has 0 heterocycles. The first kappa shape index (κ1) is 13.8. The monoisotopic (exact) mass is 227 g/mol. The highest BCUT2D eigenvalue weighted by Crippen LogP contribution is 2.13. The minimum Gasteiger partial charge on any atom is -0.394 e. The third kappa shape index (κ3) is 2.89. The Bertz CT molecular complexity index is 210. The van der Waals surface area contributed by atoms with E-state index in [0.29, 0.717) is 0 Å². The molecule has 7 nitrogen and oxygen atoms in total. The van der Waals surface area contributed by atoms with Crippen molar-refractivity contribution in [2.75, 3.05) is 6.61 Å². The van der Waals surface area contributed by atoms with Gasteiger partial charge < -0.3 is 25.5 Å². The predicted octanol–water partition coefficient (Wildman–Crippen LogP) is -3.83. The Balaban J connectivity index is 4.60. The van der Waals surface area contributed by atoms with E-state index in [2.05, 4.69) is 12.6 Å². The second kappa shape index (κ2) is 5.03. The molecule has 0 aromatic heterocycles. The summed E-state index contributed by atoms with van der Waals surface area (Å²) in [5.74, 6) is 0. The van der Waals surface area contributed by atoms with Crippen LogP contribution in [0.4, 0.5) is 0 Å². The maximum atomic E-state index is 10.6. The Morgan fingerprint density at radius 1 is 1.43 bits per heavy atom. The maximum absolute atomic E-state index is 10.6. The summed E-state index contributed by atoms with van der Waals surface area (Å²) in [7, 11) is 0. The molecule has 0 aromatic rings. The van der Waals surface area contributed by atoms with Gasteiger partial charge in [-0.25, -0.2) is 0 Å². The second-order valence-electron chi connectivity index (χ2n) is 2.82. The van der Waals surface area contributed by atoms with E-state index in [4.69, 9.17) is 31.3 Å². The van der Waals surface area contributed by atoms with Crippen molar-refractivity contribution in [1.82, 2.24) is 0 Å². The van der Waals surface area contributed by atoms with Crippen molar-refractivity contribution >= 4 is 17.7 Å². The Kier molecular flexibility index (Phi) is 4.95. The summed E-state index contributed by atoms with van der Waals surface area (Å²) < 4.78 is 0. The molecule has 0 aliphatic rings. The van der Waals surface area contributed by atoms with Crippen molar-refractivity contribution in [2.45, 2.75) is 24.0 Å². The van der Waals surface area contributed by atoms with E-state index in [9.17, 15) is 4.79 Å². The summed E-state index contributed by atoms with van der Waals surface area (Å²) in [6, 6.07) is 0. The van der Waals surface area contributed by atoms with Gasteiger partial charge in [0.1, 0.15) is 18.3 Å². The van der Waals surface area contributed by atoms with E-state index >= 15 is 0 Å². The minimum atomic E-state index is -2.78. The molecule has 0 amide bonds. The van der Waals surface area contributed by atoms with Gasteiger partial charge in [-0.15, -0.1) is 12.6 Å². The zero-order chi connectivity index (χ0) is 11.5. The van der Waals surface area contributed by atoms with Crippen LogP contribution in [0.2, 0.25) is 0 Å². The Morgan fingerprint density at radius 2 is 1.86 bits per heavy atom. The number of carbonyl (C=O) groups excluding carboxylic acids is 1. The van der Waals surface area contributed by atoms with Crippen molar-refractivity contribution < 1.29 is 30.3 Å². The van der Waals surface area contributed by atoms with Crippen molar-refractivity contribution in [3.8, 4) is 0 Å². The molecule has 0 radical (unpaired) electrons. The maximum Gasteiger partial charge on any atom is 0.235 e. The lowest BCUT2D eigenvalue weighted by atomic mass is 9.99. The third-order valence-corrected chi connectivity index (χ3v) is 2.06. The van der Waals surface area contributed by atoms with Gasteiger partial charge in [0.25, 0.3) is 0 Å². The fourth-order valence-electron chi connectivity index (χ4n) is 0.705. The Morgan fingerprint density at radius 3 is 2.14 bits per heavy atom. The average molecular weight is 227 g/mol. The molecule has 0 aromatic carbocycles. The van der Waals surface area contributed by atoms with Crippen LogP contribution < -0.4 is 5.73 Å². The van der Waals surface area contributed by atoms with Crippen molar-refractivity contribution in [1.29, 1.82) is 0 Å². The molecule has 0 bridgehead atoms. The molecule has 0 saturated carbocycles. The van der Waals surface area contributed by atoms with E-state index < -0.39 is 35.8 Å². The number of rotatable bonds is 5. The lowest BCUT2D eigenvalue weighted by Crippen LogP contribution is -2.62. The van der Waals surface area contributed by atoms with E-state index in [1.54, 1.807) is 0 Å². The van der Waals surface area contributed by atoms with Crippen LogP contribution in [-0.4, -0.2) is 61.3 Å². The van der Waals surface area contributed by atoms with Crippen molar-refractivity contribution in [3.05, 3.63) is 0 Å². The number of aliphatic hydroxyl groups excluding tert-OH is 4. The average Bonchev–Trinajstić information content (AvgIpc) is 2.13. The van der Waals surface area contributed by atoms with Crippen LogP contribution in [0.25, 0.3) is 0 Å². The number of nitrogens with two attached hydrogens (primary N) is 1. The molecular formula is C6H13NO6S. The fraction of sp³-hybridized carbons (Fsp3) is 0.833. The van der Waals surface area contributed by atoms with Gasteiger partial charge in [-0.1, -0.05) is 0 Å². The lowest BCUT2D eigenvalue weighted by Gasteiger charge is -2.30. The molecule has 0 aliphatic heterocycles. The highest BCUT2D eigenvalue weighted by molar-refractivity contribution is 7.96. The van der Waals surface area contributed by atoms with E-state index in [1.807, 2.05) is 0 Å². The molecule has 84 valence electrons. The molecule has 8 heteroatoms. The summed E-state index contributed by atoms with van der Waals surface area (Å²) in [6.07, 6.45) is -5.81. The summed E-state index contributed by atoms with van der Waals surface area (Å²) in [5.41, 5.74) is 2.14. The smallest absolute Gasteiger partial charge is 0.235 e. The molecule has 0 unspecified atom stereocenters. The predicted molar refractivity (Wildman–Crippen MR) is 48.2 cm³/mol. The molecule has 0 saturated heterocycles. The van der Waals surface area contributed by atoms with Crippen LogP contribution >= 0.6 is 12.6 Å². The third-order valence-electron chi connectivity index (χ3n) is 1.70. The van der Waals surface area contributed by atoms with Gasteiger partial charge in [0.15, 0.2) is 0 Å². The molecule has 14 heavy (non-hydrogen) atoms. The fourth-order valence-corrected chi connectivity index (χ4v) is 0.838. The van der Waals surface area contributed by atoms with Crippen LogP contribution in [0, 0.1) is 0 Å². The van der Waals surface area contributed by atoms with Crippen LogP contribution in [0.1, 0.15) is 0 Å². The van der Waals surface area contributed by atoms with Gasteiger partial charge >= 0.3 is 0 Å². The molecule has 0 spiro atoms. The molecule has 0 fully saturated rings. The molecule has 7 N–H and O–H groups in total. The summed E-state index contributed by atoms with van der Waals surface area (Å²) in [6.45, 7) is -0.852. The van der Waals surface area contributed by atoms with Gasteiger partial charge in [0.2, 0.25) is 10.8 Å². The largest absolute Gasteiger partial charge is 0.394 e. The van der Waals surface area contributed by atoms with Gasteiger partial charge in [0.05, 0.1) is 6.61 Å². The minimum absolute atomic E-state index is 0.852. The SMILES string of the molecule is N[C@](O)(C(=O)S)[C@@H](O)[C@@H](O)[C@H](O)CO. The van der Waals surface area contributed by atoms with Gasteiger partial charge in [-0.3, -0.25) is 10.5 Å². The topological polar surface area (TPSA) is 144 Å². The van der Waals surface area contributed by atoms with Crippen LogP contribution in [0.15, 0.2) is 0 Å². The Labute approximate surface area is 85.2 Å². The van der Waals surface area contributed by atoms with E-state index in [-0.39, 0.29) is 0 Å². The first-order chi connectivity index (χ1) is 6.25. The highest BCUT2D eigenvalue weighted by Gasteiger charge is 2.43. The number of hydrogen-bond acceptors (Lipinski definition) is 7. The second-order valence-corrected chi connectivity index (χ2v) is 3.22. The standard InChI is InChI=1S/C6H13NO6S/c7-6(13,5(12)14)4(11)3(10)2(9)1-8/h2-4,8-11,13H,1,7H2,(H,12,14)/t2-,3+,4+,6-/m1/s1. The van der Waals surface area contributed by atoms with Crippen molar-refractivity contribution in [2.24, 2.45) is 5.73 Å². The van der Waals surface area contributed by atoms with Crippen molar-refractivity contribution in [3.63, 3.8) is 0 Å². The number of carbonyl (C=O) groups is 1. The van der Waals surface area contributed by atoms with Crippen LogP contribution in [-0.2, 0) is 4.79 Å². The van der Waals surface area contributed by atoms with Gasteiger partial charge in [-0.2, -0.15) is 0 Å².